The summed E-state index contributed by atoms with van der Waals surface area (Å²) in [6.07, 6.45) is -2.16. The topological polar surface area (TPSA) is 104 Å². The Morgan fingerprint density at radius 3 is 2.30 bits per heavy atom. The molecule has 0 saturated carbocycles. The summed E-state index contributed by atoms with van der Waals surface area (Å²) in [7, 11) is 4.00. The molecule has 0 saturated heterocycles. The molecule has 0 unspecified atom stereocenters. The van der Waals surface area contributed by atoms with E-state index in [1.165, 1.54) is 20.2 Å². The molecule has 44 heavy (non-hydrogen) atoms. The number of halogens is 5. The summed E-state index contributed by atoms with van der Waals surface area (Å²) in [4.78, 5) is 37.3. The molecular weight excluding hydrogens is 620 g/mol. The van der Waals surface area contributed by atoms with E-state index in [4.69, 9.17) is 32.9 Å². The Kier molecular flexibility index (Phi) is 7.37. The first-order valence-electron chi connectivity index (χ1n) is 13.4. The molecule has 1 aliphatic carbocycles. The van der Waals surface area contributed by atoms with Crippen molar-refractivity contribution < 1.29 is 17.9 Å². The van der Waals surface area contributed by atoms with Crippen molar-refractivity contribution in [3.63, 3.8) is 0 Å². The molecule has 0 spiro atoms. The molecule has 226 valence electrons. The average Bonchev–Trinajstić information content (AvgIpc) is 3.48. The lowest BCUT2D eigenvalue weighted by Gasteiger charge is -2.17. The van der Waals surface area contributed by atoms with Gasteiger partial charge in [0, 0.05) is 36.3 Å². The molecule has 0 aliphatic heterocycles. The number of fused-ring (bicyclic) bond motifs is 2. The van der Waals surface area contributed by atoms with E-state index < -0.39 is 34.7 Å². The van der Waals surface area contributed by atoms with Crippen LogP contribution in [-0.2, 0) is 33.1 Å². The SMILES string of the molecule is COc1nc(-c2cccc(-c3cccc(Nc4nc(C(F)(F)F)nc5c4c(=O)n(C)c(=O)n5C)c3Cl)c2Cl)cc2c1CCC2. The van der Waals surface area contributed by atoms with Gasteiger partial charge in [-0.3, -0.25) is 13.9 Å². The molecule has 0 bridgehead atoms. The smallest absolute Gasteiger partial charge is 0.451 e. The third-order valence-corrected chi connectivity index (χ3v) is 8.43. The first-order chi connectivity index (χ1) is 20.9. The Balaban J connectivity index is 1.49. The van der Waals surface area contributed by atoms with Gasteiger partial charge in [0.2, 0.25) is 11.7 Å². The number of nitrogens with one attached hydrogen (secondary N) is 1. The van der Waals surface area contributed by atoms with Crippen LogP contribution in [0, 0.1) is 0 Å². The number of pyridine rings is 1. The number of aromatic nitrogens is 5. The van der Waals surface area contributed by atoms with E-state index in [1.807, 2.05) is 12.1 Å². The van der Waals surface area contributed by atoms with Crippen LogP contribution >= 0.6 is 23.2 Å². The van der Waals surface area contributed by atoms with Crippen LogP contribution in [0.25, 0.3) is 33.4 Å². The van der Waals surface area contributed by atoms with E-state index in [-0.39, 0.29) is 16.1 Å². The summed E-state index contributed by atoms with van der Waals surface area (Å²) in [5, 5.41) is 2.92. The maximum absolute atomic E-state index is 13.8. The van der Waals surface area contributed by atoms with Gasteiger partial charge in [-0.1, -0.05) is 53.5 Å². The van der Waals surface area contributed by atoms with Crippen LogP contribution in [0.1, 0.15) is 23.4 Å². The van der Waals surface area contributed by atoms with Crippen LogP contribution in [-0.4, -0.2) is 31.2 Å². The molecule has 1 N–H and O–H groups in total. The van der Waals surface area contributed by atoms with Gasteiger partial charge in [-0.2, -0.15) is 13.2 Å². The van der Waals surface area contributed by atoms with E-state index in [2.05, 4.69) is 15.3 Å². The Hall–Kier alpha value is -4.42. The van der Waals surface area contributed by atoms with Crippen molar-refractivity contribution >= 4 is 45.7 Å². The second-order valence-electron chi connectivity index (χ2n) is 10.3. The molecule has 0 amide bonds. The van der Waals surface area contributed by atoms with E-state index >= 15 is 0 Å². The highest BCUT2D eigenvalue weighted by atomic mass is 35.5. The van der Waals surface area contributed by atoms with E-state index in [9.17, 15) is 22.8 Å². The van der Waals surface area contributed by atoms with Crippen molar-refractivity contribution in [1.82, 2.24) is 24.1 Å². The highest BCUT2D eigenvalue weighted by molar-refractivity contribution is 6.39. The number of aryl methyl sites for hydroxylation is 2. The molecule has 9 nitrogen and oxygen atoms in total. The molecule has 3 heterocycles. The minimum atomic E-state index is -4.96. The highest BCUT2D eigenvalue weighted by Crippen LogP contribution is 2.43. The van der Waals surface area contributed by atoms with Crippen LogP contribution in [0.4, 0.5) is 24.7 Å². The van der Waals surface area contributed by atoms with Gasteiger partial charge in [0.1, 0.15) is 11.2 Å². The number of hydrogen-bond acceptors (Lipinski definition) is 7. The van der Waals surface area contributed by atoms with Crippen molar-refractivity contribution in [2.24, 2.45) is 14.1 Å². The Bertz CT molecular complexity index is 2110. The molecule has 1 aliphatic rings. The largest absolute Gasteiger partial charge is 0.481 e. The first kappa shape index (κ1) is 29.6. The van der Waals surface area contributed by atoms with Crippen molar-refractivity contribution in [3.05, 3.63) is 90.3 Å². The number of hydrogen-bond donors (Lipinski definition) is 1. The fraction of sp³-hybridized carbons (Fsp3) is 0.233. The van der Waals surface area contributed by atoms with E-state index in [1.54, 1.807) is 31.4 Å². The number of benzene rings is 2. The Morgan fingerprint density at radius 1 is 0.909 bits per heavy atom. The molecule has 5 aromatic rings. The van der Waals surface area contributed by atoms with Crippen LogP contribution in [0.2, 0.25) is 10.0 Å². The zero-order chi connectivity index (χ0) is 31.5. The zero-order valence-corrected chi connectivity index (χ0v) is 25.0. The van der Waals surface area contributed by atoms with Gasteiger partial charge < -0.3 is 10.1 Å². The van der Waals surface area contributed by atoms with Gasteiger partial charge in [0.15, 0.2) is 5.65 Å². The summed E-state index contributed by atoms with van der Waals surface area (Å²) in [6, 6.07) is 12.2. The first-order valence-corrected chi connectivity index (χ1v) is 14.1. The number of alkyl halides is 3. The molecule has 3 aromatic heterocycles. The average molecular weight is 643 g/mol. The van der Waals surface area contributed by atoms with Crippen LogP contribution in [0.3, 0.4) is 0 Å². The van der Waals surface area contributed by atoms with Crippen LogP contribution in [0.5, 0.6) is 5.88 Å². The number of ether oxygens (including phenoxy) is 1. The minimum absolute atomic E-state index is 0.105. The highest BCUT2D eigenvalue weighted by Gasteiger charge is 2.36. The standard InChI is InChI=1S/C30H23Cl2F3N6O3/c1-40-25-21(27(42)41(2)29(40)43)24(38-28(39-25)30(33,34)35)36-19-12-6-10-17(23(19)32)16-9-5-11-18(22(16)31)20-13-14-7-4-8-15(14)26(37-20)44-3/h5-6,9-13H,4,7-8H2,1-3H3,(H,36,38,39). The van der Waals surface area contributed by atoms with Gasteiger partial charge in [0.05, 0.1) is 28.5 Å². The molecule has 6 rings (SSSR count). The lowest BCUT2D eigenvalue weighted by atomic mass is 9.99. The van der Waals surface area contributed by atoms with Crippen LogP contribution < -0.4 is 21.3 Å². The molecule has 0 fully saturated rings. The van der Waals surface area contributed by atoms with Crippen molar-refractivity contribution in [2.75, 3.05) is 12.4 Å². The van der Waals surface area contributed by atoms with Gasteiger partial charge in [-0.15, -0.1) is 0 Å². The maximum Gasteiger partial charge on any atom is 0.451 e. The summed E-state index contributed by atoms with van der Waals surface area (Å²) < 4.78 is 48.5. The second-order valence-corrected chi connectivity index (χ2v) is 11.0. The van der Waals surface area contributed by atoms with E-state index in [0.717, 1.165) is 39.5 Å². The van der Waals surface area contributed by atoms with Gasteiger partial charge in [-0.05, 0) is 37.0 Å². The molecule has 14 heteroatoms. The summed E-state index contributed by atoms with van der Waals surface area (Å²) in [5.41, 5.74) is 2.47. The fourth-order valence-electron chi connectivity index (χ4n) is 5.43. The monoisotopic (exact) mass is 642 g/mol. The quantitative estimate of drug-likeness (QED) is 0.239. The summed E-state index contributed by atoms with van der Waals surface area (Å²) in [6.45, 7) is 0. The molecular formula is C30H23Cl2F3N6O3. The summed E-state index contributed by atoms with van der Waals surface area (Å²) >= 11 is 13.8. The van der Waals surface area contributed by atoms with Gasteiger partial charge >= 0.3 is 11.9 Å². The second kappa shape index (κ2) is 10.9. The number of nitrogens with zero attached hydrogens (tertiary/aromatic N) is 5. The number of rotatable bonds is 5. The van der Waals surface area contributed by atoms with Crippen LogP contribution in [0.15, 0.2) is 52.1 Å². The number of methoxy groups -OCH3 is 1. The predicted molar refractivity (Wildman–Crippen MR) is 162 cm³/mol. The zero-order valence-electron chi connectivity index (χ0n) is 23.5. The maximum atomic E-state index is 13.8. The van der Waals surface area contributed by atoms with Gasteiger partial charge in [0.25, 0.3) is 5.56 Å². The van der Waals surface area contributed by atoms with Gasteiger partial charge in [-0.25, -0.2) is 19.7 Å². The molecule has 0 radical (unpaired) electrons. The Morgan fingerprint density at radius 2 is 1.59 bits per heavy atom. The third kappa shape index (κ3) is 4.87. The minimum Gasteiger partial charge on any atom is -0.481 e. The van der Waals surface area contributed by atoms with Crippen molar-refractivity contribution in [3.8, 4) is 28.3 Å². The number of anilines is 2. The lowest BCUT2D eigenvalue weighted by Crippen LogP contribution is -2.38. The normalized spacial score (nSPS) is 12.9. The summed E-state index contributed by atoms with van der Waals surface area (Å²) in [5.74, 6) is -1.44. The van der Waals surface area contributed by atoms with E-state index in [0.29, 0.717) is 33.3 Å². The predicted octanol–water partition coefficient (Wildman–Crippen LogP) is 6.32. The molecule has 2 aromatic carbocycles. The van der Waals surface area contributed by atoms with Crippen molar-refractivity contribution in [2.45, 2.75) is 25.4 Å². The fourth-order valence-corrected chi connectivity index (χ4v) is 6.03. The molecule has 0 atom stereocenters. The Labute approximate surface area is 257 Å². The van der Waals surface area contributed by atoms with Crippen molar-refractivity contribution in [1.29, 1.82) is 0 Å². The third-order valence-electron chi connectivity index (χ3n) is 7.62. The lowest BCUT2D eigenvalue weighted by molar-refractivity contribution is -0.144.